The second kappa shape index (κ2) is 5.43. The van der Waals surface area contributed by atoms with Crippen molar-refractivity contribution in [1.82, 2.24) is 20.0 Å². The molecule has 1 saturated heterocycles. The molecule has 19 heavy (non-hydrogen) atoms. The Morgan fingerprint density at radius 3 is 2.26 bits per heavy atom. The molecule has 0 aliphatic carbocycles. The summed E-state index contributed by atoms with van der Waals surface area (Å²) in [7, 11) is 0. The molecule has 1 aliphatic heterocycles. The van der Waals surface area contributed by atoms with E-state index < -0.39 is 0 Å². The minimum Gasteiger partial charge on any atom is -0.335 e. The van der Waals surface area contributed by atoms with Crippen LogP contribution in [0.3, 0.4) is 0 Å². The molecule has 2 rings (SSSR count). The largest absolute Gasteiger partial charge is 0.335 e. The van der Waals surface area contributed by atoms with E-state index in [4.69, 9.17) is 11.6 Å². The van der Waals surface area contributed by atoms with Gasteiger partial charge in [-0.15, -0.1) is 10.2 Å². The highest BCUT2D eigenvalue weighted by Gasteiger charge is 2.28. The summed E-state index contributed by atoms with van der Waals surface area (Å²) in [5, 5.41) is 7.84. The number of rotatable bonds is 1. The van der Waals surface area contributed by atoms with Crippen molar-refractivity contribution in [3.8, 4) is 0 Å². The highest BCUT2D eigenvalue weighted by atomic mass is 35.5. The average Bonchev–Trinajstić information content (AvgIpc) is 2.38. The normalized spacial score (nSPS) is 17.6. The van der Waals surface area contributed by atoms with Gasteiger partial charge in [0.2, 0.25) is 0 Å². The Kier molecular flexibility index (Phi) is 4.06. The van der Waals surface area contributed by atoms with Gasteiger partial charge in [-0.05, 0) is 32.9 Å². The number of carbonyl (C=O) groups is 1. The number of halogens is 1. The topological polar surface area (TPSA) is 49.3 Å². The van der Waals surface area contributed by atoms with Crippen molar-refractivity contribution >= 4 is 17.5 Å². The predicted molar refractivity (Wildman–Crippen MR) is 74.3 cm³/mol. The van der Waals surface area contributed by atoms with E-state index in [1.165, 1.54) is 0 Å². The van der Waals surface area contributed by atoms with Crippen LogP contribution in [0.2, 0.25) is 5.15 Å². The van der Waals surface area contributed by atoms with Crippen LogP contribution in [0.5, 0.6) is 0 Å². The molecule has 2 heterocycles. The van der Waals surface area contributed by atoms with Crippen LogP contribution in [-0.2, 0) is 0 Å². The van der Waals surface area contributed by atoms with Gasteiger partial charge >= 0.3 is 0 Å². The number of amides is 1. The van der Waals surface area contributed by atoms with Crippen molar-refractivity contribution in [2.75, 3.05) is 26.2 Å². The van der Waals surface area contributed by atoms with Gasteiger partial charge in [-0.25, -0.2) is 0 Å². The Morgan fingerprint density at radius 2 is 1.79 bits per heavy atom. The molecule has 0 aromatic carbocycles. The highest BCUT2D eigenvalue weighted by molar-refractivity contribution is 6.29. The first-order valence-corrected chi connectivity index (χ1v) is 6.79. The third kappa shape index (κ3) is 3.42. The third-order valence-electron chi connectivity index (χ3n) is 3.37. The Morgan fingerprint density at radius 1 is 1.16 bits per heavy atom. The van der Waals surface area contributed by atoms with Crippen molar-refractivity contribution in [2.24, 2.45) is 0 Å². The van der Waals surface area contributed by atoms with Gasteiger partial charge in [-0.3, -0.25) is 9.69 Å². The molecule has 0 bridgehead atoms. The van der Waals surface area contributed by atoms with Crippen LogP contribution in [-0.4, -0.2) is 57.6 Å². The quantitative estimate of drug-likeness (QED) is 0.786. The lowest BCUT2D eigenvalue weighted by atomic mass is 10.0. The van der Waals surface area contributed by atoms with E-state index in [2.05, 4.69) is 35.9 Å². The fraction of sp³-hybridized carbons (Fsp3) is 0.615. The van der Waals surface area contributed by atoms with Crippen LogP contribution >= 0.6 is 11.6 Å². The van der Waals surface area contributed by atoms with Gasteiger partial charge in [-0.1, -0.05) is 11.6 Å². The number of nitrogens with zero attached hydrogens (tertiary/aromatic N) is 4. The minimum absolute atomic E-state index is 0.0716. The Balaban J connectivity index is 1.98. The predicted octanol–water partition coefficient (Wildman–Crippen LogP) is 1.69. The fourth-order valence-electron chi connectivity index (χ4n) is 2.17. The molecule has 1 aliphatic rings. The van der Waals surface area contributed by atoms with E-state index in [0.29, 0.717) is 10.8 Å². The molecule has 104 valence electrons. The van der Waals surface area contributed by atoms with Gasteiger partial charge in [0, 0.05) is 31.7 Å². The summed E-state index contributed by atoms with van der Waals surface area (Å²) in [6.45, 7) is 9.78. The van der Waals surface area contributed by atoms with Gasteiger partial charge < -0.3 is 4.90 Å². The van der Waals surface area contributed by atoms with Gasteiger partial charge in [0.1, 0.15) is 0 Å². The monoisotopic (exact) mass is 282 g/mol. The summed E-state index contributed by atoms with van der Waals surface area (Å²) < 4.78 is 0. The molecule has 0 N–H and O–H groups in total. The molecule has 0 unspecified atom stereocenters. The smallest absolute Gasteiger partial charge is 0.274 e. The summed E-state index contributed by atoms with van der Waals surface area (Å²) in [6.07, 6.45) is 0. The molecule has 0 atom stereocenters. The second-order valence-corrected chi connectivity index (χ2v) is 6.08. The highest BCUT2D eigenvalue weighted by Crippen LogP contribution is 2.16. The summed E-state index contributed by atoms with van der Waals surface area (Å²) in [5.74, 6) is -0.0716. The number of piperazine rings is 1. The second-order valence-electron chi connectivity index (χ2n) is 5.69. The lowest BCUT2D eigenvalue weighted by Gasteiger charge is -2.42. The fourth-order valence-corrected chi connectivity index (χ4v) is 2.27. The van der Waals surface area contributed by atoms with Crippen molar-refractivity contribution in [1.29, 1.82) is 0 Å². The number of carbonyl (C=O) groups excluding carboxylic acids is 1. The maximum absolute atomic E-state index is 12.2. The maximum atomic E-state index is 12.2. The SMILES string of the molecule is CC(C)(C)N1CCN(C(=O)c2ccc(Cl)nn2)CC1. The molecule has 1 amide bonds. The first kappa shape index (κ1) is 14.2. The van der Waals surface area contributed by atoms with Crippen LogP contribution in [0.1, 0.15) is 31.3 Å². The van der Waals surface area contributed by atoms with Crippen LogP contribution in [0.15, 0.2) is 12.1 Å². The zero-order chi connectivity index (χ0) is 14.0. The molecule has 5 nitrogen and oxygen atoms in total. The molecule has 1 aromatic rings. The van der Waals surface area contributed by atoms with E-state index in [9.17, 15) is 4.79 Å². The van der Waals surface area contributed by atoms with E-state index in [0.717, 1.165) is 26.2 Å². The number of hydrogen-bond donors (Lipinski definition) is 0. The van der Waals surface area contributed by atoms with Gasteiger partial charge in [0.15, 0.2) is 10.8 Å². The van der Waals surface area contributed by atoms with Crippen LogP contribution < -0.4 is 0 Å². The summed E-state index contributed by atoms with van der Waals surface area (Å²) in [4.78, 5) is 16.4. The van der Waals surface area contributed by atoms with E-state index in [1.807, 2.05) is 4.90 Å². The molecule has 1 fully saturated rings. The summed E-state index contributed by atoms with van der Waals surface area (Å²) in [5.41, 5.74) is 0.503. The van der Waals surface area contributed by atoms with Crippen molar-refractivity contribution in [3.63, 3.8) is 0 Å². The molecule has 0 saturated carbocycles. The lowest BCUT2D eigenvalue weighted by molar-refractivity contribution is 0.0446. The Hall–Kier alpha value is -1.20. The summed E-state index contributed by atoms with van der Waals surface area (Å²) >= 11 is 5.67. The molecule has 0 spiro atoms. The molecular formula is C13H19ClN4O. The average molecular weight is 283 g/mol. The molecule has 0 radical (unpaired) electrons. The van der Waals surface area contributed by atoms with Crippen molar-refractivity contribution in [2.45, 2.75) is 26.3 Å². The number of hydrogen-bond acceptors (Lipinski definition) is 4. The van der Waals surface area contributed by atoms with E-state index >= 15 is 0 Å². The lowest BCUT2D eigenvalue weighted by Crippen LogP contribution is -2.54. The van der Waals surface area contributed by atoms with Gasteiger partial charge in [-0.2, -0.15) is 0 Å². The molecular weight excluding hydrogens is 264 g/mol. The Labute approximate surface area is 118 Å². The van der Waals surface area contributed by atoms with Crippen LogP contribution in [0, 0.1) is 0 Å². The zero-order valence-electron chi connectivity index (χ0n) is 11.6. The zero-order valence-corrected chi connectivity index (χ0v) is 12.3. The minimum atomic E-state index is -0.0716. The summed E-state index contributed by atoms with van der Waals surface area (Å²) in [6, 6.07) is 3.21. The van der Waals surface area contributed by atoms with Gasteiger partial charge in [0.05, 0.1) is 0 Å². The number of aromatic nitrogens is 2. The first-order chi connectivity index (χ1) is 8.88. The van der Waals surface area contributed by atoms with E-state index in [-0.39, 0.29) is 11.4 Å². The Bertz CT molecular complexity index is 447. The van der Waals surface area contributed by atoms with Gasteiger partial charge in [0.25, 0.3) is 5.91 Å². The standard InChI is InChI=1S/C13H19ClN4O/c1-13(2,3)18-8-6-17(7-9-18)12(19)10-4-5-11(14)16-15-10/h4-5H,6-9H2,1-3H3. The maximum Gasteiger partial charge on any atom is 0.274 e. The van der Waals surface area contributed by atoms with Crippen molar-refractivity contribution in [3.05, 3.63) is 23.0 Å². The van der Waals surface area contributed by atoms with Crippen molar-refractivity contribution < 1.29 is 4.79 Å². The van der Waals surface area contributed by atoms with E-state index in [1.54, 1.807) is 12.1 Å². The molecule has 6 heteroatoms. The van der Waals surface area contributed by atoms with Crippen LogP contribution in [0.4, 0.5) is 0 Å². The third-order valence-corrected chi connectivity index (χ3v) is 3.57. The first-order valence-electron chi connectivity index (χ1n) is 6.41. The molecule has 1 aromatic heterocycles. The van der Waals surface area contributed by atoms with Crippen LogP contribution in [0.25, 0.3) is 0 Å².